The number of nitrogens with zero attached hydrogens (tertiary/aromatic N) is 2. The largest absolute Gasteiger partial charge is 0.482 e. The third-order valence-electron chi connectivity index (χ3n) is 3.89. The van der Waals surface area contributed by atoms with Crippen molar-refractivity contribution in [1.82, 2.24) is 10.2 Å². The average molecular weight is 389 g/mol. The SMILES string of the molecule is CC(C)(C)OC(=O)NC1CCN(Cc2cc(C#N)ccc2OCC(=O)O)C1=O. The van der Waals surface area contributed by atoms with Gasteiger partial charge in [0.1, 0.15) is 17.4 Å². The number of rotatable bonds is 6. The van der Waals surface area contributed by atoms with Crippen molar-refractivity contribution >= 4 is 18.0 Å². The third kappa shape index (κ3) is 5.87. The second-order valence-electron chi connectivity index (χ2n) is 7.36. The quantitative estimate of drug-likeness (QED) is 0.757. The Kier molecular flexibility index (Phi) is 6.46. The van der Waals surface area contributed by atoms with Crippen molar-refractivity contribution in [2.75, 3.05) is 13.2 Å². The average Bonchev–Trinajstić information content (AvgIpc) is 2.92. The van der Waals surface area contributed by atoms with Crippen LogP contribution < -0.4 is 10.1 Å². The van der Waals surface area contributed by atoms with Crippen molar-refractivity contribution in [1.29, 1.82) is 5.26 Å². The van der Waals surface area contributed by atoms with E-state index >= 15 is 0 Å². The summed E-state index contributed by atoms with van der Waals surface area (Å²) in [6.45, 7) is 5.20. The van der Waals surface area contributed by atoms with Gasteiger partial charge in [-0.05, 0) is 45.4 Å². The van der Waals surface area contributed by atoms with Gasteiger partial charge in [0, 0.05) is 18.7 Å². The monoisotopic (exact) mass is 389 g/mol. The molecule has 1 heterocycles. The van der Waals surface area contributed by atoms with Gasteiger partial charge in [0.05, 0.1) is 11.6 Å². The van der Waals surface area contributed by atoms with Gasteiger partial charge in [-0.15, -0.1) is 0 Å². The van der Waals surface area contributed by atoms with E-state index in [2.05, 4.69) is 5.32 Å². The van der Waals surface area contributed by atoms with E-state index in [9.17, 15) is 14.4 Å². The van der Waals surface area contributed by atoms with E-state index in [1.54, 1.807) is 26.8 Å². The lowest BCUT2D eigenvalue weighted by Gasteiger charge is -2.22. The van der Waals surface area contributed by atoms with Crippen LogP contribution in [0.2, 0.25) is 0 Å². The lowest BCUT2D eigenvalue weighted by atomic mass is 10.1. The summed E-state index contributed by atoms with van der Waals surface area (Å²) >= 11 is 0. The number of ether oxygens (including phenoxy) is 2. The van der Waals surface area contributed by atoms with Crippen LogP contribution in [0.1, 0.15) is 38.3 Å². The first-order valence-corrected chi connectivity index (χ1v) is 8.75. The molecule has 2 amide bonds. The molecule has 1 aliphatic heterocycles. The summed E-state index contributed by atoms with van der Waals surface area (Å²) in [6, 6.07) is 5.88. The van der Waals surface area contributed by atoms with Crippen molar-refractivity contribution in [2.45, 2.75) is 45.4 Å². The highest BCUT2D eigenvalue weighted by molar-refractivity contribution is 5.87. The molecule has 0 aromatic heterocycles. The van der Waals surface area contributed by atoms with Gasteiger partial charge in [-0.2, -0.15) is 5.26 Å². The van der Waals surface area contributed by atoms with Gasteiger partial charge in [0.15, 0.2) is 6.61 Å². The maximum Gasteiger partial charge on any atom is 0.408 e. The summed E-state index contributed by atoms with van der Waals surface area (Å²) in [5.41, 5.74) is 0.221. The molecular formula is C19H23N3O6. The first kappa shape index (κ1) is 21.0. The first-order valence-electron chi connectivity index (χ1n) is 8.75. The molecule has 150 valence electrons. The zero-order valence-electron chi connectivity index (χ0n) is 16.0. The van der Waals surface area contributed by atoms with Crippen LogP contribution in [0.5, 0.6) is 5.75 Å². The molecule has 0 aliphatic carbocycles. The number of carboxylic acids is 1. The number of benzene rings is 1. The highest BCUT2D eigenvalue weighted by Crippen LogP contribution is 2.24. The van der Waals surface area contributed by atoms with Crippen molar-refractivity contribution in [3.8, 4) is 11.8 Å². The minimum absolute atomic E-state index is 0.135. The molecule has 0 bridgehead atoms. The van der Waals surface area contributed by atoms with Crippen LogP contribution >= 0.6 is 0 Å². The Labute approximate surface area is 162 Å². The molecule has 1 fully saturated rings. The molecular weight excluding hydrogens is 366 g/mol. The third-order valence-corrected chi connectivity index (χ3v) is 3.89. The van der Waals surface area contributed by atoms with Crippen LogP contribution in [-0.2, 0) is 20.9 Å². The molecule has 1 atom stereocenters. The maximum atomic E-state index is 12.6. The van der Waals surface area contributed by atoms with E-state index in [1.807, 2.05) is 6.07 Å². The number of likely N-dealkylation sites (tertiary alicyclic amines) is 1. The van der Waals surface area contributed by atoms with Crippen molar-refractivity contribution in [3.63, 3.8) is 0 Å². The topological polar surface area (TPSA) is 129 Å². The van der Waals surface area contributed by atoms with Crippen molar-refractivity contribution in [3.05, 3.63) is 29.3 Å². The zero-order chi connectivity index (χ0) is 20.9. The summed E-state index contributed by atoms with van der Waals surface area (Å²) in [4.78, 5) is 36.8. The van der Waals surface area contributed by atoms with Gasteiger partial charge < -0.3 is 24.8 Å². The second kappa shape index (κ2) is 8.61. The minimum Gasteiger partial charge on any atom is -0.482 e. The number of nitrogens with one attached hydrogen (secondary N) is 1. The lowest BCUT2D eigenvalue weighted by Crippen LogP contribution is -2.43. The summed E-state index contributed by atoms with van der Waals surface area (Å²) < 4.78 is 10.4. The summed E-state index contributed by atoms with van der Waals surface area (Å²) in [6.07, 6.45) is -0.244. The molecule has 1 aromatic rings. The number of hydrogen-bond donors (Lipinski definition) is 2. The van der Waals surface area contributed by atoms with Crippen LogP contribution in [0.3, 0.4) is 0 Å². The number of nitriles is 1. The number of aliphatic carboxylic acids is 1. The Hall–Kier alpha value is -3.28. The Morgan fingerprint density at radius 2 is 2.11 bits per heavy atom. The molecule has 1 unspecified atom stereocenters. The second-order valence-corrected chi connectivity index (χ2v) is 7.36. The zero-order valence-corrected chi connectivity index (χ0v) is 16.0. The van der Waals surface area contributed by atoms with E-state index in [0.717, 1.165) is 0 Å². The molecule has 1 aromatic carbocycles. The van der Waals surface area contributed by atoms with E-state index < -0.39 is 30.3 Å². The number of amides is 2. The normalized spacial score (nSPS) is 16.4. The molecule has 2 rings (SSSR count). The number of carbonyl (C=O) groups is 3. The van der Waals surface area contributed by atoms with E-state index in [4.69, 9.17) is 19.8 Å². The summed E-state index contributed by atoms with van der Waals surface area (Å²) in [5, 5.41) is 20.5. The van der Waals surface area contributed by atoms with Crippen LogP contribution in [0.25, 0.3) is 0 Å². The molecule has 28 heavy (non-hydrogen) atoms. The van der Waals surface area contributed by atoms with Crippen molar-refractivity contribution < 1.29 is 29.0 Å². The maximum absolute atomic E-state index is 12.6. The lowest BCUT2D eigenvalue weighted by molar-refractivity contribution is -0.139. The Morgan fingerprint density at radius 3 is 2.71 bits per heavy atom. The molecule has 9 nitrogen and oxygen atoms in total. The summed E-state index contributed by atoms with van der Waals surface area (Å²) in [7, 11) is 0. The van der Waals surface area contributed by atoms with E-state index in [0.29, 0.717) is 24.1 Å². The predicted octanol–water partition coefficient (Wildman–Crippen LogP) is 1.65. The number of hydrogen-bond acceptors (Lipinski definition) is 6. The fourth-order valence-corrected chi connectivity index (χ4v) is 2.74. The predicted molar refractivity (Wildman–Crippen MR) is 97.5 cm³/mol. The van der Waals surface area contributed by atoms with Crippen LogP contribution in [0, 0.1) is 11.3 Å². The molecule has 1 saturated heterocycles. The number of carbonyl (C=O) groups excluding carboxylic acids is 2. The molecule has 0 radical (unpaired) electrons. The Morgan fingerprint density at radius 1 is 1.39 bits per heavy atom. The number of alkyl carbamates (subject to hydrolysis) is 1. The highest BCUT2D eigenvalue weighted by Gasteiger charge is 2.34. The van der Waals surface area contributed by atoms with Crippen LogP contribution in [0.4, 0.5) is 4.79 Å². The van der Waals surface area contributed by atoms with E-state index in [1.165, 1.54) is 17.0 Å². The number of carboxylic acid groups (broad SMARTS) is 1. The first-order chi connectivity index (χ1) is 13.1. The molecule has 9 heteroatoms. The van der Waals surface area contributed by atoms with Gasteiger partial charge in [-0.25, -0.2) is 9.59 Å². The van der Waals surface area contributed by atoms with E-state index in [-0.39, 0.29) is 18.2 Å². The van der Waals surface area contributed by atoms with Gasteiger partial charge >= 0.3 is 12.1 Å². The van der Waals surface area contributed by atoms with Crippen molar-refractivity contribution in [2.24, 2.45) is 0 Å². The van der Waals surface area contributed by atoms with Gasteiger partial charge in [0.25, 0.3) is 0 Å². The van der Waals surface area contributed by atoms with Gasteiger partial charge in [-0.1, -0.05) is 0 Å². The summed E-state index contributed by atoms with van der Waals surface area (Å²) in [5.74, 6) is -1.12. The fraction of sp³-hybridized carbons (Fsp3) is 0.474. The minimum atomic E-state index is -1.13. The van der Waals surface area contributed by atoms with Gasteiger partial charge in [-0.3, -0.25) is 4.79 Å². The highest BCUT2D eigenvalue weighted by atomic mass is 16.6. The molecule has 0 spiro atoms. The Balaban J connectivity index is 2.07. The van der Waals surface area contributed by atoms with Crippen LogP contribution in [-0.4, -0.2) is 52.8 Å². The van der Waals surface area contributed by atoms with Gasteiger partial charge in [0.2, 0.25) is 5.91 Å². The molecule has 0 saturated carbocycles. The fourth-order valence-electron chi connectivity index (χ4n) is 2.74. The standard InChI is InChI=1S/C19H23N3O6/c1-19(2,3)28-18(26)21-14-6-7-22(17(14)25)10-13-8-12(9-20)4-5-15(13)27-11-16(23)24/h4-5,8,14H,6-7,10-11H2,1-3H3,(H,21,26)(H,23,24). The smallest absolute Gasteiger partial charge is 0.408 e. The molecule has 2 N–H and O–H groups in total. The molecule has 1 aliphatic rings. The van der Waals surface area contributed by atoms with Crippen LogP contribution in [0.15, 0.2) is 18.2 Å². The Bertz CT molecular complexity index is 809.